The molecule has 28 heavy (non-hydrogen) atoms. The van der Waals surface area contributed by atoms with Crippen LogP contribution in [0.25, 0.3) is 11.3 Å². The molecule has 0 unspecified atom stereocenters. The van der Waals surface area contributed by atoms with Crippen LogP contribution < -0.4 is 9.80 Å². The summed E-state index contributed by atoms with van der Waals surface area (Å²) in [5, 5.41) is 0. The number of hydrogen-bond donors (Lipinski definition) is 0. The first-order valence-corrected chi connectivity index (χ1v) is 8.91. The molecule has 0 saturated carbocycles. The third-order valence-electron chi connectivity index (χ3n) is 4.70. The number of pyridine rings is 1. The Morgan fingerprint density at radius 2 is 1.50 bits per heavy atom. The Morgan fingerprint density at radius 3 is 2.14 bits per heavy atom. The van der Waals surface area contributed by atoms with Gasteiger partial charge in [-0.2, -0.15) is 13.2 Å². The summed E-state index contributed by atoms with van der Waals surface area (Å²) in [5.41, 5.74) is 1.28. The number of rotatable bonds is 3. The minimum absolute atomic E-state index is 0.504. The third kappa shape index (κ3) is 3.90. The first-order valence-electron chi connectivity index (χ1n) is 8.91. The molecule has 1 saturated heterocycles. The molecule has 1 aliphatic heterocycles. The van der Waals surface area contributed by atoms with Gasteiger partial charge in [-0.05, 0) is 24.3 Å². The van der Waals surface area contributed by atoms with Crippen LogP contribution in [0, 0.1) is 0 Å². The van der Waals surface area contributed by atoms with Gasteiger partial charge in [0.1, 0.15) is 11.5 Å². The lowest BCUT2D eigenvalue weighted by Crippen LogP contribution is -2.46. The molecule has 1 aliphatic rings. The minimum Gasteiger partial charge on any atom is -0.368 e. The van der Waals surface area contributed by atoms with E-state index in [1.165, 1.54) is 24.1 Å². The number of anilines is 2. The quantitative estimate of drug-likeness (QED) is 0.685. The zero-order valence-corrected chi connectivity index (χ0v) is 15.0. The zero-order valence-electron chi connectivity index (χ0n) is 15.0. The minimum atomic E-state index is -4.45. The van der Waals surface area contributed by atoms with Crippen LogP contribution in [0.4, 0.5) is 24.7 Å². The van der Waals surface area contributed by atoms with Gasteiger partial charge in [-0.3, -0.25) is 9.97 Å². The Balaban J connectivity index is 1.47. The Bertz CT molecular complexity index is 921. The maximum Gasteiger partial charge on any atom is 0.433 e. The summed E-state index contributed by atoms with van der Waals surface area (Å²) in [6.07, 6.45) is -0.0539. The van der Waals surface area contributed by atoms with Gasteiger partial charge in [0.15, 0.2) is 0 Å². The second kappa shape index (κ2) is 7.46. The average Bonchev–Trinajstić information content (AvgIpc) is 2.74. The molecule has 8 heteroatoms. The molecule has 0 spiro atoms. The topological polar surface area (TPSA) is 45.2 Å². The predicted molar refractivity (Wildman–Crippen MR) is 101 cm³/mol. The summed E-state index contributed by atoms with van der Waals surface area (Å²) >= 11 is 0. The van der Waals surface area contributed by atoms with Gasteiger partial charge < -0.3 is 9.80 Å². The molecule has 0 amide bonds. The summed E-state index contributed by atoms with van der Waals surface area (Å²) in [5.74, 6) is 0.713. The van der Waals surface area contributed by atoms with Crippen molar-refractivity contribution in [3.8, 4) is 11.3 Å². The van der Waals surface area contributed by atoms with Crippen LogP contribution in [-0.4, -0.2) is 41.1 Å². The van der Waals surface area contributed by atoms with Gasteiger partial charge in [0.2, 0.25) is 0 Å². The first-order chi connectivity index (χ1) is 13.5. The van der Waals surface area contributed by atoms with Crippen molar-refractivity contribution in [2.45, 2.75) is 6.18 Å². The van der Waals surface area contributed by atoms with Gasteiger partial charge in [0.05, 0.1) is 18.1 Å². The summed E-state index contributed by atoms with van der Waals surface area (Å²) in [4.78, 5) is 16.7. The van der Waals surface area contributed by atoms with Crippen molar-refractivity contribution in [1.82, 2.24) is 15.0 Å². The van der Waals surface area contributed by atoms with E-state index in [0.29, 0.717) is 17.1 Å². The number of hydrogen-bond acceptors (Lipinski definition) is 5. The number of halogens is 3. The van der Waals surface area contributed by atoms with Crippen molar-refractivity contribution in [1.29, 1.82) is 0 Å². The molecule has 144 valence electrons. The highest BCUT2D eigenvalue weighted by Crippen LogP contribution is 2.29. The number of aromatic nitrogens is 3. The second-order valence-electron chi connectivity index (χ2n) is 6.50. The zero-order chi connectivity index (χ0) is 19.6. The fourth-order valence-corrected chi connectivity index (χ4v) is 3.19. The number of alkyl halides is 3. The van der Waals surface area contributed by atoms with Crippen molar-refractivity contribution < 1.29 is 13.2 Å². The smallest absolute Gasteiger partial charge is 0.368 e. The first kappa shape index (κ1) is 18.2. The molecule has 0 bridgehead atoms. The number of benzene rings is 1. The van der Waals surface area contributed by atoms with Gasteiger partial charge >= 0.3 is 6.18 Å². The van der Waals surface area contributed by atoms with Crippen molar-refractivity contribution in [2.24, 2.45) is 0 Å². The van der Waals surface area contributed by atoms with E-state index < -0.39 is 11.9 Å². The van der Waals surface area contributed by atoms with Gasteiger partial charge in [-0.15, -0.1) is 0 Å². The van der Waals surface area contributed by atoms with Crippen molar-refractivity contribution in [3.05, 3.63) is 66.7 Å². The molecule has 0 N–H and O–H groups in total. The van der Waals surface area contributed by atoms with E-state index in [-0.39, 0.29) is 0 Å². The Kier molecular flexibility index (Phi) is 4.85. The summed E-state index contributed by atoms with van der Waals surface area (Å²) in [6.45, 7) is 3.30. The lowest BCUT2D eigenvalue weighted by atomic mass is 10.2. The van der Waals surface area contributed by atoms with Crippen LogP contribution >= 0.6 is 0 Å². The van der Waals surface area contributed by atoms with Gasteiger partial charge in [0.25, 0.3) is 0 Å². The molecule has 1 fully saturated rings. The van der Waals surface area contributed by atoms with E-state index in [1.807, 2.05) is 18.2 Å². The Hall–Kier alpha value is -3.16. The van der Waals surface area contributed by atoms with Crippen LogP contribution in [0.5, 0.6) is 0 Å². The molecule has 5 nitrogen and oxygen atoms in total. The van der Waals surface area contributed by atoms with Crippen molar-refractivity contribution >= 4 is 11.5 Å². The van der Waals surface area contributed by atoms with Crippen LogP contribution in [0.3, 0.4) is 0 Å². The monoisotopic (exact) mass is 385 g/mol. The third-order valence-corrected chi connectivity index (χ3v) is 4.70. The van der Waals surface area contributed by atoms with Crippen LogP contribution in [0.2, 0.25) is 0 Å². The van der Waals surface area contributed by atoms with E-state index in [2.05, 4.69) is 36.9 Å². The van der Waals surface area contributed by atoms with E-state index in [0.717, 1.165) is 32.2 Å². The molecule has 3 heterocycles. The number of para-hydroxylation sites is 1. The summed E-state index contributed by atoms with van der Waals surface area (Å²) < 4.78 is 38.0. The van der Waals surface area contributed by atoms with E-state index >= 15 is 0 Å². The van der Waals surface area contributed by atoms with Crippen molar-refractivity contribution in [2.75, 3.05) is 36.0 Å². The van der Waals surface area contributed by atoms with Crippen molar-refractivity contribution in [3.63, 3.8) is 0 Å². The number of nitrogens with zero attached hydrogens (tertiary/aromatic N) is 5. The maximum atomic E-state index is 12.7. The molecule has 2 aromatic heterocycles. The Labute approximate surface area is 160 Å². The average molecular weight is 385 g/mol. The molecule has 3 aromatic rings. The highest BCUT2D eigenvalue weighted by Gasteiger charge is 2.32. The van der Waals surface area contributed by atoms with E-state index in [4.69, 9.17) is 0 Å². The predicted octanol–water partition coefficient (Wildman–Crippen LogP) is 3.88. The van der Waals surface area contributed by atoms with Crippen LogP contribution in [0.15, 0.2) is 61.1 Å². The molecular formula is C20H18F3N5. The molecule has 0 atom stereocenters. The summed E-state index contributed by atoms with van der Waals surface area (Å²) in [6, 6.07) is 12.6. The lowest BCUT2D eigenvalue weighted by Gasteiger charge is -2.36. The fraction of sp³-hybridized carbons (Fsp3) is 0.250. The maximum absolute atomic E-state index is 12.7. The molecule has 0 aliphatic carbocycles. The fourth-order valence-electron chi connectivity index (χ4n) is 3.19. The van der Waals surface area contributed by atoms with Gasteiger partial charge in [0, 0.05) is 43.6 Å². The van der Waals surface area contributed by atoms with Crippen LogP contribution in [-0.2, 0) is 6.18 Å². The lowest BCUT2D eigenvalue weighted by molar-refractivity contribution is -0.141. The second-order valence-corrected chi connectivity index (χ2v) is 6.50. The molecule has 1 aromatic carbocycles. The van der Waals surface area contributed by atoms with E-state index in [1.54, 1.807) is 6.20 Å². The van der Waals surface area contributed by atoms with Gasteiger partial charge in [-0.1, -0.05) is 18.2 Å². The molecule has 0 radical (unpaired) electrons. The normalized spacial score (nSPS) is 15.0. The molecule has 4 rings (SSSR count). The highest BCUT2D eigenvalue weighted by atomic mass is 19.4. The Morgan fingerprint density at radius 1 is 0.786 bits per heavy atom. The highest BCUT2D eigenvalue weighted by molar-refractivity contribution is 5.59. The molecular weight excluding hydrogens is 367 g/mol. The largest absolute Gasteiger partial charge is 0.433 e. The van der Waals surface area contributed by atoms with E-state index in [9.17, 15) is 13.2 Å². The summed E-state index contributed by atoms with van der Waals surface area (Å²) in [7, 11) is 0. The van der Waals surface area contributed by atoms with Crippen LogP contribution in [0.1, 0.15) is 5.69 Å². The SMILES string of the molecule is FC(F)(F)c1ccc(-c2cncc(N3CCN(c4ccccc4)CC3)n2)cn1. The standard InChI is InChI=1S/C20H18F3N5/c21-20(22,23)18-7-6-15(12-25-18)17-13-24-14-19(26-17)28-10-8-27(9-11-28)16-4-2-1-3-5-16/h1-7,12-14H,8-11H2. The van der Waals surface area contributed by atoms with Gasteiger partial charge in [-0.25, -0.2) is 4.98 Å². The number of piperazine rings is 1.